The third kappa shape index (κ3) is 11.3. The van der Waals surface area contributed by atoms with Gasteiger partial charge in [-0.2, -0.15) is 0 Å². The molecule has 0 bridgehead atoms. The fraction of sp³-hybridized carbons (Fsp3) is 0.0714. The Hall–Kier alpha value is -10.1. The number of hydrogen-bond acceptors (Lipinski definition) is 0. The van der Waals surface area contributed by atoms with E-state index in [2.05, 4.69) is 342 Å². The molecule has 12 rings (SSSR count). The third-order valence-corrected chi connectivity index (χ3v) is 16.0. The van der Waals surface area contributed by atoms with Crippen molar-refractivity contribution in [3.63, 3.8) is 0 Å². The summed E-state index contributed by atoms with van der Waals surface area (Å²) in [4.78, 5) is 0. The van der Waals surface area contributed by atoms with Gasteiger partial charge in [0.1, 0.15) is 0 Å². The second-order valence-electron chi connectivity index (χ2n) is 21.3. The highest BCUT2D eigenvalue weighted by atomic mass is 14.4. The van der Waals surface area contributed by atoms with Gasteiger partial charge < -0.3 is 0 Å². The van der Waals surface area contributed by atoms with Crippen LogP contribution < -0.4 is 0 Å². The molecule has 0 unspecified atom stereocenters. The van der Waals surface area contributed by atoms with Crippen molar-refractivity contribution in [2.24, 2.45) is 0 Å². The van der Waals surface area contributed by atoms with Crippen molar-refractivity contribution in [2.45, 2.75) is 39.5 Å². The van der Waals surface area contributed by atoms with E-state index in [0.29, 0.717) is 6.42 Å². The van der Waals surface area contributed by atoms with E-state index in [4.69, 9.17) is 0 Å². The predicted octanol–water partition coefficient (Wildman–Crippen LogP) is 23.5. The van der Waals surface area contributed by atoms with Gasteiger partial charge in [0.05, 0.1) is 0 Å². The standard InChI is InChI=1S/C84H68/c1-3-5-17-38-61(37-4-2)73-74(64-43-22-10-23-44-64)75(65-45-24-11-25-46-65)77(63-41-20-8-9-21-42-63)80(68-51-30-14-31-52-68)83(73)71-57-36-58-72(60-59-71)84-81(69-53-32-15-33-54-69)78(66-47-26-12-27-48-66)76(62-39-18-6-7-19-40-62)79(67-49-28-13-29-50-67)82(84)70-55-34-16-35-56-70/h3-8,10-16,18,20-35,37-60H,9,17,19,36H2,1-2H3. The molecule has 0 saturated carbocycles. The SMILES string of the molecule is CC=CCC=C(C=CC)c1c(C2=CCC=C(c3c(-c4ccccc4)c(-c4ccccc4)c(C4=CCC=CC=C4)c(-c4ccccc4)c3-c3ccccc3)C=C2)c(-c2ccccc2)c(C2=CC=CCC=C2)c(-c2ccccc2)c1-c1ccccc1. The molecule has 0 atom stereocenters. The van der Waals surface area contributed by atoms with Crippen molar-refractivity contribution in [3.8, 4) is 77.9 Å². The van der Waals surface area contributed by atoms with Crippen LogP contribution in [0, 0.1) is 0 Å². The first kappa shape index (κ1) is 54.4. The number of allylic oxidation sites excluding steroid dienone is 24. The summed E-state index contributed by atoms with van der Waals surface area (Å²) in [6, 6.07) is 78.0. The molecule has 0 heterocycles. The zero-order chi connectivity index (χ0) is 56.9. The molecule has 0 N–H and O–H groups in total. The molecule has 0 aliphatic heterocycles. The molecule has 404 valence electrons. The maximum absolute atomic E-state index is 2.50. The van der Waals surface area contributed by atoms with Crippen molar-refractivity contribution in [3.05, 3.63) is 356 Å². The van der Waals surface area contributed by atoms with E-state index >= 15 is 0 Å². The molecule has 0 amide bonds. The second-order valence-corrected chi connectivity index (χ2v) is 21.3. The fourth-order valence-electron chi connectivity index (χ4n) is 12.5. The Morgan fingerprint density at radius 1 is 0.310 bits per heavy atom. The van der Waals surface area contributed by atoms with Crippen molar-refractivity contribution in [1.82, 2.24) is 0 Å². The van der Waals surface area contributed by atoms with E-state index in [0.717, 1.165) is 52.7 Å². The van der Waals surface area contributed by atoms with Gasteiger partial charge in [-0.15, -0.1) is 0 Å². The quantitative estimate of drug-likeness (QED) is 0.0709. The Kier molecular flexibility index (Phi) is 17.0. The van der Waals surface area contributed by atoms with Crippen LogP contribution in [-0.4, -0.2) is 0 Å². The van der Waals surface area contributed by atoms with E-state index in [1.807, 2.05) is 0 Å². The molecular weight excluding hydrogens is 1010 g/mol. The molecule has 9 aromatic rings. The van der Waals surface area contributed by atoms with E-state index in [9.17, 15) is 0 Å². The van der Waals surface area contributed by atoms with Crippen LogP contribution in [0.3, 0.4) is 0 Å². The Balaban J connectivity index is 1.24. The average molecular weight is 1080 g/mol. The van der Waals surface area contributed by atoms with E-state index in [1.54, 1.807) is 0 Å². The lowest BCUT2D eigenvalue weighted by Crippen LogP contribution is -2.07. The minimum atomic E-state index is 0.680. The zero-order valence-electron chi connectivity index (χ0n) is 48.0. The lowest BCUT2D eigenvalue weighted by atomic mass is 9.73. The zero-order valence-corrected chi connectivity index (χ0v) is 48.0. The van der Waals surface area contributed by atoms with Gasteiger partial charge in [-0.05, 0) is 173 Å². The van der Waals surface area contributed by atoms with Gasteiger partial charge in [-0.3, -0.25) is 0 Å². The van der Waals surface area contributed by atoms with Crippen LogP contribution in [0.25, 0.3) is 106 Å². The summed E-state index contributed by atoms with van der Waals surface area (Å²) < 4.78 is 0. The maximum atomic E-state index is 2.50. The van der Waals surface area contributed by atoms with E-state index in [1.165, 1.54) is 100 Å². The Morgan fingerprint density at radius 2 is 0.679 bits per heavy atom. The lowest BCUT2D eigenvalue weighted by Gasteiger charge is -2.30. The monoisotopic (exact) mass is 1080 g/mol. The van der Waals surface area contributed by atoms with Gasteiger partial charge in [0.25, 0.3) is 0 Å². The first-order chi connectivity index (χ1) is 41.7. The summed E-state index contributed by atoms with van der Waals surface area (Å²) >= 11 is 0. The van der Waals surface area contributed by atoms with Crippen LogP contribution in [0.4, 0.5) is 0 Å². The molecule has 0 heteroatoms. The second kappa shape index (κ2) is 26.2. The highest BCUT2D eigenvalue weighted by molar-refractivity contribution is 6.15. The summed E-state index contributed by atoms with van der Waals surface area (Å²) in [6.07, 6.45) is 47.3. The van der Waals surface area contributed by atoms with Gasteiger partial charge in [0.15, 0.2) is 0 Å². The molecule has 0 aromatic heterocycles. The first-order valence-electron chi connectivity index (χ1n) is 29.7. The molecule has 0 spiro atoms. The van der Waals surface area contributed by atoms with Crippen LogP contribution in [0.1, 0.15) is 67.3 Å². The van der Waals surface area contributed by atoms with Gasteiger partial charge in [0, 0.05) is 0 Å². The summed E-state index contributed by atoms with van der Waals surface area (Å²) in [5.74, 6) is 0. The Bertz CT molecular complexity index is 4100. The molecule has 9 aromatic carbocycles. The van der Waals surface area contributed by atoms with Gasteiger partial charge in [-0.25, -0.2) is 0 Å². The largest absolute Gasteiger partial charge is 0.0914 e. The van der Waals surface area contributed by atoms with Crippen LogP contribution in [0.15, 0.2) is 328 Å². The van der Waals surface area contributed by atoms with Gasteiger partial charge in [0.2, 0.25) is 0 Å². The van der Waals surface area contributed by atoms with Crippen molar-refractivity contribution < 1.29 is 0 Å². The summed E-state index contributed by atoms with van der Waals surface area (Å²) in [6.45, 7) is 4.26. The highest BCUT2D eigenvalue weighted by Crippen LogP contribution is 2.56. The minimum absolute atomic E-state index is 0.680. The molecular formula is C84H68. The third-order valence-electron chi connectivity index (χ3n) is 16.0. The van der Waals surface area contributed by atoms with Crippen LogP contribution >= 0.6 is 0 Å². The maximum Gasteiger partial charge on any atom is -0.00139 e. The van der Waals surface area contributed by atoms with Crippen molar-refractivity contribution in [1.29, 1.82) is 0 Å². The Labute approximate surface area is 498 Å². The van der Waals surface area contributed by atoms with Crippen molar-refractivity contribution in [2.75, 3.05) is 0 Å². The number of hydrogen-bond donors (Lipinski definition) is 0. The molecule has 0 radical (unpaired) electrons. The van der Waals surface area contributed by atoms with Gasteiger partial charge in [-0.1, -0.05) is 328 Å². The van der Waals surface area contributed by atoms with E-state index < -0.39 is 0 Å². The normalized spacial score (nSPS) is 14.2. The fourth-order valence-corrected chi connectivity index (χ4v) is 12.5. The molecule has 3 aliphatic rings. The minimum Gasteiger partial charge on any atom is -0.0914 e. The average Bonchev–Trinajstić information content (AvgIpc) is 2.73. The predicted molar refractivity (Wildman–Crippen MR) is 365 cm³/mol. The summed E-state index contributed by atoms with van der Waals surface area (Å²) in [5.41, 5.74) is 28.5. The molecule has 3 aliphatic carbocycles. The number of rotatable bonds is 15. The highest BCUT2D eigenvalue weighted by Gasteiger charge is 2.33. The van der Waals surface area contributed by atoms with Crippen LogP contribution in [-0.2, 0) is 0 Å². The molecule has 0 nitrogen and oxygen atoms in total. The van der Waals surface area contributed by atoms with Crippen molar-refractivity contribution >= 4 is 27.9 Å². The van der Waals surface area contributed by atoms with Crippen LogP contribution in [0.2, 0.25) is 0 Å². The smallest absolute Gasteiger partial charge is 0.00139 e. The topological polar surface area (TPSA) is 0 Å². The summed E-state index contributed by atoms with van der Waals surface area (Å²) in [5, 5.41) is 0. The van der Waals surface area contributed by atoms with Gasteiger partial charge >= 0.3 is 0 Å². The number of benzene rings is 9. The first-order valence-corrected chi connectivity index (χ1v) is 29.7. The van der Waals surface area contributed by atoms with E-state index in [-0.39, 0.29) is 0 Å². The molecule has 0 saturated heterocycles. The van der Waals surface area contributed by atoms with Crippen LogP contribution in [0.5, 0.6) is 0 Å². The molecule has 0 fully saturated rings. The Morgan fingerprint density at radius 3 is 1.12 bits per heavy atom. The summed E-state index contributed by atoms with van der Waals surface area (Å²) in [7, 11) is 0. The molecule has 84 heavy (non-hydrogen) atoms. The lowest BCUT2D eigenvalue weighted by molar-refractivity contribution is 1.36.